The van der Waals surface area contributed by atoms with Crippen LogP contribution in [0.25, 0.3) is 11.2 Å². The highest BCUT2D eigenvalue weighted by atomic mass is 15.0. The number of aryl methyl sites for hydroxylation is 1. The van der Waals surface area contributed by atoms with Crippen LogP contribution >= 0.6 is 0 Å². The first-order valence-corrected chi connectivity index (χ1v) is 6.46. The molecule has 0 aliphatic rings. The monoisotopic (exact) mass is 226 g/mol. The van der Waals surface area contributed by atoms with E-state index in [9.17, 15) is 0 Å². The molecule has 2 nitrogen and oxygen atoms in total. The van der Waals surface area contributed by atoms with Gasteiger partial charge in [0.2, 0.25) is 0 Å². The number of hydrogen-bond donors (Lipinski definition) is 0. The van der Waals surface area contributed by atoms with Crippen LogP contribution in [-0.4, -0.2) is 8.80 Å². The second-order valence-electron chi connectivity index (χ2n) is 4.63. The highest BCUT2D eigenvalue weighted by Gasteiger charge is 2.04. The van der Waals surface area contributed by atoms with Gasteiger partial charge in [0.1, 0.15) is 5.65 Å². The largest absolute Gasteiger partial charge is 0.307 e. The third-order valence-corrected chi connectivity index (χ3v) is 3.41. The van der Waals surface area contributed by atoms with E-state index in [1.165, 1.54) is 42.5 Å². The van der Waals surface area contributed by atoms with Crippen LogP contribution in [0.1, 0.15) is 31.9 Å². The van der Waals surface area contributed by atoms with Crippen molar-refractivity contribution < 1.29 is 0 Å². The van der Waals surface area contributed by atoms with E-state index in [1.54, 1.807) is 0 Å². The molecular weight excluding hydrogens is 208 g/mol. The Labute approximate surface area is 101 Å². The Kier molecular flexibility index (Phi) is 2.63. The molecule has 3 rings (SSSR count). The first kappa shape index (κ1) is 10.5. The molecule has 0 aliphatic heterocycles. The van der Waals surface area contributed by atoms with E-state index in [4.69, 9.17) is 0 Å². The molecule has 0 unspecified atom stereocenters. The molecule has 0 saturated heterocycles. The fourth-order valence-corrected chi connectivity index (χ4v) is 2.52. The van der Waals surface area contributed by atoms with E-state index in [0.29, 0.717) is 0 Å². The van der Waals surface area contributed by atoms with Crippen molar-refractivity contribution in [2.45, 2.75) is 32.6 Å². The minimum atomic E-state index is 1.17. The lowest BCUT2D eigenvalue weighted by atomic mass is 10.1. The molecule has 0 radical (unpaired) electrons. The molecule has 0 atom stereocenters. The average molecular weight is 226 g/mol. The van der Waals surface area contributed by atoms with Crippen LogP contribution in [0, 0.1) is 0 Å². The number of aromatic nitrogens is 2. The van der Waals surface area contributed by atoms with E-state index in [2.05, 4.69) is 58.5 Å². The summed E-state index contributed by atoms with van der Waals surface area (Å²) in [5.41, 5.74) is 3.98. The van der Waals surface area contributed by atoms with Gasteiger partial charge in [0, 0.05) is 23.6 Å². The topological polar surface area (TPSA) is 8.82 Å². The van der Waals surface area contributed by atoms with Gasteiger partial charge in [-0.05, 0) is 43.2 Å². The van der Waals surface area contributed by atoms with Crippen LogP contribution in [0.2, 0.25) is 0 Å². The Morgan fingerprint density at radius 2 is 1.82 bits per heavy atom. The Morgan fingerprint density at radius 3 is 2.71 bits per heavy atom. The third-order valence-electron chi connectivity index (χ3n) is 3.41. The molecule has 0 spiro atoms. The summed E-state index contributed by atoms with van der Waals surface area (Å²) in [4.78, 5) is 0. The summed E-state index contributed by atoms with van der Waals surface area (Å²) in [5.74, 6) is 0. The fourth-order valence-electron chi connectivity index (χ4n) is 2.52. The summed E-state index contributed by atoms with van der Waals surface area (Å²) in [6, 6.07) is 10.9. The van der Waals surface area contributed by atoms with Crippen LogP contribution in [-0.2, 0) is 6.42 Å². The van der Waals surface area contributed by atoms with E-state index in [1.807, 2.05) is 0 Å². The Balaban J connectivity index is 2.09. The Morgan fingerprint density at radius 1 is 1.00 bits per heavy atom. The molecule has 0 aromatic carbocycles. The summed E-state index contributed by atoms with van der Waals surface area (Å²) < 4.78 is 4.55. The highest BCUT2D eigenvalue weighted by molar-refractivity contribution is 5.58. The van der Waals surface area contributed by atoms with E-state index in [-0.39, 0.29) is 0 Å². The zero-order valence-corrected chi connectivity index (χ0v) is 10.3. The zero-order valence-electron chi connectivity index (χ0n) is 10.3. The molecule has 3 heterocycles. The SMILES string of the molecule is CCCCCc1cc2cccn2c2cccn12. The molecule has 17 heavy (non-hydrogen) atoms. The number of fused-ring (bicyclic) bond motifs is 3. The third kappa shape index (κ3) is 1.74. The smallest absolute Gasteiger partial charge is 0.121 e. The molecular formula is C15H18N2. The molecule has 0 N–H and O–H groups in total. The normalized spacial score (nSPS) is 11.6. The quantitative estimate of drug-likeness (QED) is 0.596. The maximum absolute atomic E-state index is 2.31. The molecule has 2 heteroatoms. The first-order valence-electron chi connectivity index (χ1n) is 6.46. The molecule has 0 fully saturated rings. The van der Waals surface area contributed by atoms with Crippen LogP contribution in [0.3, 0.4) is 0 Å². The minimum Gasteiger partial charge on any atom is -0.307 e. The Hall–Kier alpha value is -1.70. The summed E-state index contributed by atoms with van der Waals surface area (Å²) >= 11 is 0. The van der Waals surface area contributed by atoms with Crippen molar-refractivity contribution in [2.24, 2.45) is 0 Å². The summed E-state index contributed by atoms with van der Waals surface area (Å²) in [6.07, 6.45) is 9.33. The van der Waals surface area contributed by atoms with Crippen molar-refractivity contribution >= 4 is 11.2 Å². The molecule has 88 valence electrons. The van der Waals surface area contributed by atoms with Gasteiger partial charge in [0.05, 0.1) is 0 Å². The summed E-state index contributed by atoms with van der Waals surface area (Å²) in [6.45, 7) is 2.25. The van der Waals surface area contributed by atoms with Gasteiger partial charge in [-0.15, -0.1) is 0 Å². The number of rotatable bonds is 4. The van der Waals surface area contributed by atoms with E-state index in [0.717, 1.165) is 0 Å². The van der Waals surface area contributed by atoms with Crippen LogP contribution < -0.4 is 0 Å². The second kappa shape index (κ2) is 4.28. The average Bonchev–Trinajstić information content (AvgIpc) is 2.96. The predicted molar refractivity (Wildman–Crippen MR) is 71.6 cm³/mol. The van der Waals surface area contributed by atoms with Gasteiger partial charge in [-0.1, -0.05) is 19.8 Å². The maximum atomic E-state index is 2.31. The van der Waals surface area contributed by atoms with Crippen molar-refractivity contribution in [1.29, 1.82) is 0 Å². The molecule has 0 saturated carbocycles. The lowest BCUT2D eigenvalue weighted by molar-refractivity contribution is 0.701. The lowest BCUT2D eigenvalue weighted by Crippen LogP contribution is -2.00. The van der Waals surface area contributed by atoms with Gasteiger partial charge in [-0.3, -0.25) is 0 Å². The van der Waals surface area contributed by atoms with Gasteiger partial charge in [-0.25, -0.2) is 0 Å². The van der Waals surface area contributed by atoms with Crippen LogP contribution in [0.4, 0.5) is 0 Å². The van der Waals surface area contributed by atoms with E-state index < -0.39 is 0 Å². The van der Waals surface area contributed by atoms with Crippen molar-refractivity contribution in [3.63, 3.8) is 0 Å². The Bertz CT molecular complexity index is 630. The summed E-state index contributed by atoms with van der Waals surface area (Å²) in [5, 5.41) is 0. The van der Waals surface area contributed by atoms with Gasteiger partial charge in [0.15, 0.2) is 0 Å². The minimum absolute atomic E-state index is 1.17. The predicted octanol–water partition coefficient (Wildman–Crippen LogP) is 3.92. The van der Waals surface area contributed by atoms with Gasteiger partial charge >= 0.3 is 0 Å². The lowest BCUT2D eigenvalue weighted by Gasteiger charge is -2.08. The van der Waals surface area contributed by atoms with E-state index >= 15 is 0 Å². The number of nitrogens with zero attached hydrogens (tertiary/aromatic N) is 2. The van der Waals surface area contributed by atoms with Gasteiger partial charge in [-0.2, -0.15) is 0 Å². The molecule has 0 aliphatic carbocycles. The van der Waals surface area contributed by atoms with Crippen molar-refractivity contribution in [2.75, 3.05) is 0 Å². The van der Waals surface area contributed by atoms with Crippen LogP contribution in [0.5, 0.6) is 0 Å². The van der Waals surface area contributed by atoms with Gasteiger partial charge in [0.25, 0.3) is 0 Å². The fraction of sp³-hybridized carbons (Fsp3) is 0.333. The standard InChI is InChI=1S/C15H18N2/c1-2-3-4-7-13-12-14-8-5-10-16(14)15-9-6-11-17(13)15/h5-6,8-12H,2-4,7H2,1H3. The van der Waals surface area contributed by atoms with Crippen molar-refractivity contribution in [3.05, 3.63) is 48.4 Å². The van der Waals surface area contributed by atoms with Crippen LogP contribution in [0.15, 0.2) is 42.7 Å². The van der Waals surface area contributed by atoms with Crippen molar-refractivity contribution in [3.8, 4) is 0 Å². The number of hydrogen-bond acceptors (Lipinski definition) is 0. The zero-order chi connectivity index (χ0) is 11.7. The molecule has 3 aromatic rings. The number of unbranched alkanes of at least 4 members (excludes halogenated alkanes) is 2. The highest BCUT2D eigenvalue weighted by Crippen LogP contribution is 2.17. The molecule has 3 aromatic heterocycles. The second-order valence-corrected chi connectivity index (χ2v) is 4.63. The van der Waals surface area contributed by atoms with Gasteiger partial charge < -0.3 is 8.80 Å². The summed E-state index contributed by atoms with van der Waals surface area (Å²) in [7, 11) is 0. The maximum Gasteiger partial charge on any atom is 0.121 e. The van der Waals surface area contributed by atoms with Crippen molar-refractivity contribution in [1.82, 2.24) is 8.80 Å². The first-order chi connectivity index (χ1) is 8.40. The molecule has 0 amide bonds. The molecule has 0 bridgehead atoms.